The van der Waals surface area contributed by atoms with Crippen molar-refractivity contribution >= 4 is 21.9 Å². The van der Waals surface area contributed by atoms with Gasteiger partial charge in [0.05, 0.1) is 11.0 Å². The fourth-order valence-electron chi connectivity index (χ4n) is 3.90. The lowest BCUT2D eigenvalue weighted by atomic mass is 9.92. The Morgan fingerprint density at radius 2 is 1.87 bits per heavy atom. The van der Waals surface area contributed by atoms with Crippen LogP contribution in [-0.4, -0.2) is 32.1 Å². The summed E-state index contributed by atoms with van der Waals surface area (Å²) in [5.74, 6) is -0.258. The maximum atomic E-state index is 13.4. The quantitative estimate of drug-likeness (QED) is 0.384. The van der Waals surface area contributed by atoms with Crippen LogP contribution in [0.5, 0.6) is 17.2 Å². The minimum Gasteiger partial charge on any atom is -0.507 e. The van der Waals surface area contributed by atoms with E-state index in [0.29, 0.717) is 0 Å². The average Bonchev–Trinajstić information content (AvgIpc) is 2.98. The van der Waals surface area contributed by atoms with Gasteiger partial charge < -0.3 is 29.6 Å². The van der Waals surface area contributed by atoms with Crippen molar-refractivity contribution in [3.63, 3.8) is 0 Å². The summed E-state index contributed by atoms with van der Waals surface area (Å²) in [7, 11) is 0. The van der Waals surface area contributed by atoms with Gasteiger partial charge in [-0.3, -0.25) is 4.79 Å². The van der Waals surface area contributed by atoms with Crippen LogP contribution in [0.15, 0.2) is 39.1 Å². The fourth-order valence-corrected chi connectivity index (χ4v) is 3.90. The minimum absolute atomic E-state index is 0.0378. The monoisotopic (exact) mass is 412 g/mol. The van der Waals surface area contributed by atoms with Gasteiger partial charge in [0.2, 0.25) is 5.43 Å². The largest absolute Gasteiger partial charge is 0.507 e. The average molecular weight is 412 g/mol. The molecule has 1 aliphatic rings. The number of aliphatic hydroxyl groups is 2. The molecule has 4 N–H and O–H groups in total. The SMILES string of the molecule is CC(C)=CCc1c(O)cc2oc3ccc4c(c3c(=O)c2c1O)[C@H](O)[C@@H](C(C)(C)O)O4. The van der Waals surface area contributed by atoms with Gasteiger partial charge in [-0.2, -0.15) is 0 Å². The van der Waals surface area contributed by atoms with Crippen LogP contribution in [0.25, 0.3) is 21.9 Å². The van der Waals surface area contributed by atoms with E-state index in [9.17, 15) is 25.2 Å². The zero-order valence-electron chi connectivity index (χ0n) is 17.2. The Kier molecular flexibility index (Phi) is 4.56. The highest BCUT2D eigenvalue weighted by molar-refractivity contribution is 5.97. The second-order valence-corrected chi connectivity index (χ2v) is 8.50. The van der Waals surface area contributed by atoms with Crippen molar-refractivity contribution < 1.29 is 29.6 Å². The molecule has 7 nitrogen and oxygen atoms in total. The van der Waals surface area contributed by atoms with Gasteiger partial charge in [0.1, 0.15) is 39.9 Å². The van der Waals surface area contributed by atoms with Crippen LogP contribution in [-0.2, 0) is 6.42 Å². The summed E-state index contributed by atoms with van der Waals surface area (Å²) in [5.41, 5.74) is -0.249. The molecule has 158 valence electrons. The number of benzene rings is 2. The lowest BCUT2D eigenvalue weighted by Crippen LogP contribution is -2.41. The van der Waals surface area contributed by atoms with Crippen molar-refractivity contribution in [1.29, 1.82) is 0 Å². The van der Waals surface area contributed by atoms with Gasteiger partial charge in [-0.05, 0) is 46.2 Å². The molecule has 0 unspecified atom stereocenters. The van der Waals surface area contributed by atoms with Crippen molar-refractivity contribution in [3.8, 4) is 17.2 Å². The molecule has 7 heteroatoms. The zero-order chi connectivity index (χ0) is 22.0. The number of rotatable bonds is 3. The van der Waals surface area contributed by atoms with E-state index < -0.39 is 23.2 Å². The van der Waals surface area contributed by atoms with Crippen molar-refractivity contribution in [3.05, 3.63) is 51.2 Å². The first-order valence-electron chi connectivity index (χ1n) is 9.68. The van der Waals surface area contributed by atoms with E-state index >= 15 is 0 Å². The number of phenolic OH excluding ortho intramolecular Hbond substituents is 2. The highest BCUT2D eigenvalue weighted by atomic mass is 16.5. The summed E-state index contributed by atoms with van der Waals surface area (Å²) in [4.78, 5) is 13.4. The van der Waals surface area contributed by atoms with Crippen LogP contribution in [0.1, 0.15) is 44.9 Å². The number of hydrogen-bond donors (Lipinski definition) is 4. The normalized spacial score (nSPS) is 18.5. The third-order valence-electron chi connectivity index (χ3n) is 5.43. The number of ether oxygens (including phenoxy) is 1. The number of phenols is 2. The number of aliphatic hydroxyl groups excluding tert-OH is 1. The smallest absolute Gasteiger partial charge is 0.204 e. The standard InChI is InChI=1S/C23H24O7/c1-10(2)5-6-11-12(24)9-15-18(19(11)25)20(26)16-13(29-15)7-8-14-17(16)21(27)22(30-14)23(3,4)28/h5,7-9,21-22,24-25,27-28H,6H2,1-4H3/t21-,22-/m0/s1. The highest BCUT2D eigenvalue weighted by Crippen LogP contribution is 2.45. The van der Waals surface area contributed by atoms with Crippen LogP contribution in [0.2, 0.25) is 0 Å². The highest BCUT2D eigenvalue weighted by Gasteiger charge is 2.44. The van der Waals surface area contributed by atoms with E-state index in [1.165, 1.54) is 26.0 Å². The Morgan fingerprint density at radius 3 is 2.50 bits per heavy atom. The maximum Gasteiger partial charge on any atom is 0.204 e. The molecule has 0 amide bonds. The second kappa shape index (κ2) is 6.75. The summed E-state index contributed by atoms with van der Waals surface area (Å²) in [6.45, 7) is 6.80. The lowest BCUT2D eigenvalue weighted by molar-refractivity contribution is -0.0760. The predicted molar refractivity (Wildman–Crippen MR) is 112 cm³/mol. The van der Waals surface area contributed by atoms with Gasteiger partial charge in [-0.25, -0.2) is 0 Å². The predicted octanol–water partition coefficient (Wildman–Crippen LogP) is 3.43. The van der Waals surface area contributed by atoms with Crippen molar-refractivity contribution in [2.24, 2.45) is 0 Å². The Labute approximate surface area is 172 Å². The number of fused-ring (bicyclic) bond motifs is 4. The zero-order valence-corrected chi connectivity index (χ0v) is 17.2. The van der Waals surface area contributed by atoms with Crippen molar-refractivity contribution in [2.75, 3.05) is 0 Å². The summed E-state index contributed by atoms with van der Waals surface area (Å²) < 4.78 is 11.5. The molecule has 0 bridgehead atoms. The summed E-state index contributed by atoms with van der Waals surface area (Å²) in [6, 6.07) is 4.40. The number of aromatic hydroxyl groups is 2. The fraction of sp³-hybridized carbons (Fsp3) is 0.348. The molecule has 0 radical (unpaired) electrons. The van der Waals surface area contributed by atoms with Gasteiger partial charge >= 0.3 is 0 Å². The van der Waals surface area contributed by atoms with Gasteiger partial charge in [0, 0.05) is 17.2 Å². The van der Waals surface area contributed by atoms with E-state index in [4.69, 9.17) is 9.15 Å². The van der Waals surface area contributed by atoms with Crippen LogP contribution < -0.4 is 10.2 Å². The molecule has 3 aromatic rings. The van der Waals surface area contributed by atoms with E-state index in [1.807, 2.05) is 19.9 Å². The molecule has 2 heterocycles. The van der Waals surface area contributed by atoms with E-state index in [1.54, 1.807) is 6.07 Å². The Morgan fingerprint density at radius 1 is 1.17 bits per heavy atom. The molecule has 4 rings (SSSR count). The number of allylic oxidation sites excluding steroid dienone is 2. The molecule has 0 aliphatic carbocycles. The van der Waals surface area contributed by atoms with E-state index in [2.05, 4.69) is 0 Å². The van der Waals surface area contributed by atoms with Gasteiger partial charge in [0.25, 0.3) is 0 Å². The minimum atomic E-state index is -1.35. The van der Waals surface area contributed by atoms with Crippen molar-refractivity contribution in [2.45, 2.75) is 51.9 Å². The summed E-state index contributed by atoms with van der Waals surface area (Å²) in [6.07, 6.45) is -0.150. The Bertz CT molecular complexity index is 1260. The van der Waals surface area contributed by atoms with E-state index in [-0.39, 0.29) is 56.7 Å². The first kappa shape index (κ1) is 20.3. The maximum absolute atomic E-state index is 13.4. The molecule has 0 saturated heterocycles. The molecule has 0 fully saturated rings. The lowest BCUT2D eigenvalue weighted by Gasteiger charge is -2.27. The first-order valence-corrected chi connectivity index (χ1v) is 9.68. The molecule has 2 atom stereocenters. The molecule has 30 heavy (non-hydrogen) atoms. The number of hydrogen-bond acceptors (Lipinski definition) is 7. The molecule has 1 aromatic heterocycles. The van der Waals surface area contributed by atoms with Crippen molar-refractivity contribution in [1.82, 2.24) is 0 Å². The molecule has 0 spiro atoms. The molecular formula is C23H24O7. The molecule has 1 aliphatic heterocycles. The van der Waals surface area contributed by atoms with Crippen LogP contribution in [0, 0.1) is 0 Å². The van der Waals surface area contributed by atoms with Crippen LogP contribution in [0.3, 0.4) is 0 Å². The Balaban J connectivity index is 2.03. The summed E-state index contributed by atoms with van der Waals surface area (Å²) in [5, 5.41) is 42.3. The third kappa shape index (κ3) is 3.02. The van der Waals surface area contributed by atoms with Crippen LogP contribution in [0.4, 0.5) is 0 Å². The Hall–Kier alpha value is -3.03. The summed E-state index contributed by atoms with van der Waals surface area (Å²) >= 11 is 0. The molecule has 0 saturated carbocycles. The van der Waals surface area contributed by atoms with E-state index in [0.717, 1.165) is 5.57 Å². The molecule has 2 aromatic carbocycles. The van der Waals surface area contributed by atoms with Gasteiger partial charge in [-0.1, -0.05) is 11.6 Å². The third-order valence-corrected chi connectivity index (χ3v) is 5.43. The second-order valence-electron chi connectivity index (χ2n) is 8.50. The molecular weight excluding hydrogens is 388 g/mol. The van der Waals surface area contributed by atoms with Crippen LogP contribution >= 0.6 is 0 Å². The van der Waals surface area contributed by atoms with Gasteiger partial charge in [0.15, 0.2) is 6.10 Å². The van der Waals surface area contributed by atoms with Gasteiger partial charge in [-0.15, -0.1) is 0 Å². The first-order chi connectivity index (χ1) is 14.0. The topological polar surface area (TPSA) is 120 Å².